The van der Waals surface area contributed by atoms with E-state index in [-0.39, 0.29) is 17.3 Å². The standard InChI is InChI=1S/C13H19NO2/c1-5-6-8-11(14-16-4)9-7-10(12(8)15)13(9,2)3/h5,8-10H,1,6-7H2,2-4H3/t8-,9-,10+/m1/s1. The summed E-state index contributed by atoms with van der Waals surface area (Å²) >= 11 is 0. The van der Waals surface area contributed by atoms with Crippen LogP contribution in [0.25, 0.3) is 0 Å². The summed E-state index contributed by atoms with van der Waals surface area (Å²) in [5, 5.41) is 4.10. The largest absolute Gasteiger partial charge is 0.399 e. The van der Waals surface area contributed by atoms with Gasteiger partial charge in [-0.05, 0) is 18.3 Å². The van der Waals surface area contributed by atoms with Crippen molar-refractivity contribution in [1.82, 2.24) is 0 Å². The Balaban J connectivity index is 2.33. The Hall–Kier alpha value is -1.12. The summed E-state index contributed by atoms with van der Waals surface area (Å²) in [6, 6.07) is 0. The Morgan fingerprint density at radius 2 is 2.25 bits per heavy atom. The quantitative estimate of drug-likeness (QED) is 0.542. The zero-order chi connectivity index (χ0) is 11.9. The average Bonchev–Trinajstić information content (AvgIpc) is 2.22. The fourth-order valence-electron chi connectivity index (χ4n) is 3.18. The highest BCUT2D eigenvalue weighted by atomic mass is 16.6. The summed E-state index contributed by atoms with van der Waals surface area (Å²) in [4.78, 5) is 17.2. The number of carbonyl (C=O) groups excluding carboxylic acids is 1. The molecule has 3 aliphatic rings. The second-order valence-electron chi connectivity index (χ2n) is 5.34. The third-order valence-corrected chi connectivity index (χ3v) is 4.27. The molecule has 0 aromatic rings. The molecule has 0 aromatic heterocycles. The van der Waals surface area contributed by atoms with E-state index in [0.717, 1.165) is 12.1 Å². The van der Waals surface area contributed by atoms with Gasteiger partial charge in [0.1, 0.15) is 12.9 Å². The molecular weight excluding hydrogens is 202 g/mol. The first-order valence-electron chi connectivity index (χ1n) is 5.79. The molecule has 0 aromatic carbocycles. The molecule has 3 saturated carbocycles. The minimum atomic E-state index is -0.0887. The van der Waals surface area contributed by atoms with Gasteiger partial charge in [0, 0.05) is 11.8 Å². The van der Waals surface area contributed by atoms with Crippen molar-refractivity contribution < 1.29 is 9.63 Å². The van der Waals surface area contributed by atoms with Gasteiger partial charge < -0.3 is 4.84 Å². The van der Waals surface area contributed by atoms with E-state index in [1.54, 1.807) is 13.2 Å². The van der Waals surface area contributed by atoms with Crippen molar-refractivity contribution in [3.8, 4) is 0 Å². The molecule has 3 aliphatic carbocycles. The van der Waals surface area contributed by atoms with Gasteiger partial charge in [-0.2, -0.15) is 0 Å². The summed E-state index contributed by atoms with van der Waals surface area (Å²) in [5.74, 6) is 0.843. The monoisotopic (exact) mass is 221 g/mol. The Morgan fingerprint density at radius 3 is 2.75 bits per heavy atom. The molecule has 0 unspecified atom stereocenters. The van der Waals surface area contributed by atoms with Crippen LogP contribution in [0.4, 0.5) is 0 Å². The summed E-state index contributed by atoms with van der Waals surface area (Å²) in [7, 11) is 1.54. The van der Waals surface area contributed by atoms with Crippen molar-refractivity contribution in [2.75, 3.05) is 7.11 Å². The van der Waals surface area contributed by atoms with Crippen LogP contribution >= 0.6 is 0 Å². The van der Waals surface area contributed by atoms with Gasteiger partial charge >= 0.3 is 0 Å². The van der Waals surface area contributed by atoms with Crippen molar-refractivity contribution in [3.63, 3.8) is 0 Å². The fraction of sp³-hybridized carbons (Fsp3) is 0.692. The normalized spacial score (nSPS) is 38.1. The lowest BCUT2D eigenvalue weighted by molar-refractivity contribution is -0.141. The van der Waals surface area contributed by atoms with Crippen LogP contribution in [0.2, 0.25) is 0 Å². The van der Waals surface area contributed by atoms with E-state index >= 15 is 0 Å². The molecule has 0 amide bonds. The number of Topliss-reactive ketones (excluding diaryl/α,β-unsaturated/α-hetero) is 1. The number of rotatable bonds is 3. The zero-order valence-corrected chi connectivity index (χ0v) is 10.2. The van der Waals surface area contributed by atoms with Gasteiger partial charge in [-0.25, -0.2) is 0 Å². The third kappa shape index (κ3) is 1.34. The van der Waals surface area contributed by atoms with Crippen LogP contribution in [-0.4, -0.2) is 18.6 Å². The first-order valence-corrected chi connectivity index (χ1v) is 5.79. The maximum absolute atomic E-state index is 12.3. The van der Waals surface area contributed by atoms with E-state index in [1.807, 2.05) is 0 Å². The van der Waals surface area contributed by atoms with Gasteiger partial charge in [0.05, 0.1) is 11.6 Å². The van der Waals surface area contributed by atoms with E-state index in [9.17, 15) is 4.79 Å². The number of oxime groups is 1. The van der Waals surface area contributed by atoms with Crippen molar-refractivity contribution in [3.05, 3.63) is 12.7 Å². The molecule has 3 nitrogen and oxygen atoms in total. The lowest BCUT2D eigenvalue weighted by Crippen LogP contribution is -2.61. The number of hydrogen-bond donors (Lipinski definition) is 0. The summed E-state index contributed by atoms with van der Waals surface area (Å²) < 4.78 is 0. The van der Waals surface area contributed by atoms with Crippen LogP contribution in [0.5, 0.6) is 0 Å². The Morgan fingerprint density at radius 1 is 1.56 bits per heavy atom. The van der Waals surface area contributed by atoms with Gasteiger partial charge in [0.15, 0.2) is 0 Å². The second kappa shape index (κ2) is 3.72. The first kappa shape index (κ1) is 11.4. The highest BCUT2D eigenvalue weighted by molar-refractivity contribution is 6.12. The van der Waals surface area contributed by atoms with Gasteiger partial charge in [0.25, 0.3) is 0 Å². The Labute approximate surface area is 96.5 Å². The molecule has 0 heterocycles. The molecule has 88 valence electrons. The molecule has 0 saturated heterocycles. The molecule has 0 N–H and O–H groups in total. The predicted molar refractivity (Wildman–Crippen MR) is 63.1 cm³/mol. The van der Waals surface area contributed by atoms with E-state index < -0.39 is 0 Å². The summed E-state index contributed by atoms with van der Waals surface area (Å²) in [6.07, 6.45) is 3.43. The van der Waals surface area contributed by atoms with Gasteiger partial charge in [0.2, 0.25) is 0 Å². The van der Waals surface area contributed by atoms with Gasteiger partial charge in [-0.3, -0.25) is 4.79 Å². The van der Waals surface area contributed by atoms with Crippen molar-refractivity contribution in [2.45, 2.75) is 26.7 Å². The Kier molecular flexibility index (Phi) is 2.64. The smallest absolute Gasteiger partial charge is 0.145 e. The molecule has 2 bridgehead atoms. The van der Waals surface area contributed by atoms with E-state index in [4.69, 9.17) is 4.84 Å². The lowest BCUT2D eigenvalue weighted by atomic mass is 9.45. The van der Waals surface area contributed by atoms with E-state index in [2.05, 4.69) is 25.6 Å². The molecule has 3 fully saturated rings. The first-order chi connectivity index (χ1) is 7.54. The summed E-state index contributed by atoms with van der Waals surface area (Å²) in [5.41, 5.74) is 0.992. The van der Waals surface area contributed by atoms with E-state index in [1.165, 1.54) is 0 Å². The van der Waals surface area contributed by atoms with Crippen LogP contribution in [0.1, 0.15) is 26.7 Å². The maximum atomic E-state index is 12.3. The maximum Gasteiger partial charge on any atom is 0.145 e. The molecule has 3 rings (SSSR count). The molecule has 0 aliphatic heterocycles. The molecular formula is C13H19NO2. The second-order valence-corrected chi connectivity index (χ2v) is 5.34. The average molecular weight is 221 g/mol. The summed E-state index contributed by atoms with van der Waals surface area (Å²) in [6.45, 7) is 8.02. The van der Waals surface area contributed by atoms with Gasteiger partial charge in [-0.15, -0.1) is 6.58 Å². The minimum absolute atomic E-state index is 0.0616. The number of ketones is 1. The Bertz CT molecular complexity index is 357. The van der Waals surface area contributed by atoms with Crippen LogP contribution in [0, 0.1) is 23.2 Å². The molecule has 3 atom stereocenters. The fourth-order valence-corrected chi connectivity index (χ4v) is 3.18. The molecule has 3 heteroatoms. The molecule has 16 heavy (non-hydrogen) atoms. The topological polar surface area (TPSA) is 38.7 Å². The zero-order valence-electron chi connectivity index (χ0n) is 10.2. The third-order valence-electron chi connectivity index (χ3n) is 4.27. The lowest BCUT2D eigenvalue weighted by Gasteiger charge is -2.57. The molecule has 0 spiro atoms. The molecule has 0 radical (unpaired) electrons. The number of carbonyl (C=O) groups is 1. The van der Waals surface area contributed by atoms with Crippen molar-refractivity contribution >= 4 is 11.5 Å². The highest BCUT2D eigenvalue weighted by Crippen LogP contribution is 2.58. The SMILES string of the molecule is C=CC[C@H]1C(=O)[C@@H]2C[C@H](C1=NOC)C2(C)C. The minimum Gasteiger partial charge on any atom is -0.399 e. The number of nitrogens with zero attached hydrogens (tertiary/aromatic N) is 1. The predicted octanol–water partition coefficient (Wildman–Crippen LogP) is 2.43. The highest BCUT2D eigenvalue weighted by Gasteiger charge is 2.61. The number of allylic oxidation sites excluding steroid dienone is 1. The van der Waals surface area contributed by atoms with E-state index in [0.29, 0.717) is 18.1 Å². The van der Waals surface area contributed by atoms with Crippen LogP contribution in [0.15, 0.2) is 17.8 Å². The van der Waals surface area contributed by atoms with Crippen LogP contribution < -0.4 is 0 Å². The van der Waals surface area contributed by atoms with Crippen molar-refractivity contribution in [2.24, 2.45) is 28.3 Å². The van der Waals surface area contributed by atoms with Crippen LogP contribution in [-0.2, 0) is 9.63 Å². The van der Waals surface area contributed by atoms with Crippen LogP contribution in [0.3, 0.4) is 0 Å². The number of hydrogen-bond acceptors (Lipinski definition) is 3. The number of fused-ring (bicyclic) bond motifs is 2. The van der Waals surface area contributed by atoms with Gasteiger partial charge in [-0.1, -0.05) is 25.1 Å². The van der Waals surface area contributed by atoms with Crippen molar-refractivity contribution in [1.29, 1.82) is 0 Å².